The van der Waals surface area contributed by atoms with Crippen molar-refractivity contribution in [1.29, 1.82) is 0 Å². The second kappa shape index (κ2) is 10.6. The Labute approximate surface area is 198 Å². The number of benzene rings is 2. The molecule has 34 heavy (non-hydrogen) atoms. The molecular weight excluding hydrogens is 430 g/mol. The van der Waals surface area contributed by atoms with Crippen LogP contribution in [0.5, 0.6) is 17.2 Å². The molecule has 0 N–H and O–H groups in total. The Morgan fingerprint density at radius 2 is 1.85 bits per heavy atom. The molecule has 4 rings (SSSR count). The van der Waals surface area contributed by atoms with Crippen molar-refractivity contribution < 1.29 is 19.0 Å². The summed E-state index contributed by atoms with van der Waals surface area (Å²) in [6.07, 6.45) is 7.25. The lowest BCUT2D eigenvalue weighted by atomic mass is 10.1. The topological polar surface area (TPSA) is 65.3 Å². The minimum absolute atomic E-state index is 0.114. The molecule has 0 aliphatic heterocycles. The van der Waals surface area contributed by atoms with E-state index in [9.17, 15) is 4.79 Å². The smallest absolute Gasteiger partial charge is 0.246 e. The highest BCUT2D eigenvalue weighted by atomic mass is 16.5. The lowest BCUT2D eigenvalue weighted by molar-refractivity contribution is -0.125. The van der Waals surface area contributed by atoms with Gasteiger partial charge in [-0.25, -0.2) is 4.98 Å². The van der Waals surface area contributed by atoms with Gasteiger partial charge in [0.2, 0.25) is 5.91 Å². The summed E-state index contributed by atoms with van der Waals surface area (Å²) < 4.78 is 18.6. The zero-order chi connectivity index (χ0) is 23.9. The van der Waals surface area contributed by atoms with Crippen molar-refractivity contribution in [2.24, 2.45) is 0 Å². The van der Waals surface area contributed by atoms with Crippen molar-refractivity contribution in [1.82, 2.24) is 14.3 Å². The molecule has 2 aromatic carbocycles. The van der Waals surface area contributed by atoms with Crippen molar-refractivity contribution in [3.05, 3.63) is 96.0 Å². The van der Waals surface area contributed by atoms with Gasteiger partial charge in [0.25, 0.3) is 0 Å². The van der Waals surface area contributed by atoms with Gasteiger partial charge in [-0.15, -0.1) is 0 Å². The summed E-state index contributed by atoms with van der Waals surface area (Å²) in [6, 6.07) is 19.1. The number of hydrogen-bond donors (Lipinski definition) is 0. The molecule has 0 radical (unpaired) electrons. The summed E-state index contributed by atoms with van der Waals surface area (Å²) >= 11 is 0. The number of carbonyl (C=O) groups excluding carboxylic acids is 1. The summed E-state index contributed by atoms with van der Waals surface area (Å²) in [5, 5.41) is 0. The number of methoxy groups -OCH3 is 2. The summed E-state index contributed by atoms with van der Waals surface area (Å²) in [5.74, 6) is 1.90. The Hall–Kier alpha value is -4.26. The Balaban J connectivity index is 1.33. The molecule has 0 saturated carbocycles. The third-order valence-electron chi connectivity index (χ3n) is 5.37. The fourth-order valence-corrected chi connectivity index (χ4v) is 3.60. The number of hydrogen-bond acceptors (Lipinski definition) is 5. The van der Waals surface area contributed by atoms with Gasteiger partial charge in [0.1, 0.15) is 18.0 Å². The van der Waals surface area contributed by atoms with Crippen LogP contribution in [-0.2, 0) is 17.9 Å². The molecule has 0 spiro atoms. The van der Waals surface area contributed by atoms with Crippen LogP contribution in [0, 0.1) is 0 Å². The van der Waals surface area contributed by atoms with Gasteiger partial charge in [-0.3, -0.25) is 4.79 Å². The van der Waals surface area contributed by atoms with Gasteiger partial charge < -0.3 is 23.5 Å². The summed E-state index contributed by atoms with van der Waals surface area (Å²) in [6.45, 7) is 0.785. The number of fused-ring (bicyclic) bond motifs is 1. The molecule has 2 aromatic heterocycles. The maximum Gasteiger partial charge on any atom is 0.246 e. The van der Waals surface area contributed by atoms with Crippen LogP contribution in [0.15, 0.2) is 79.1 Å². The van der Waals surface area contributed by atoms with Crippen LogP contribution in [0.4, 0.5) is 0 Å². The van der Waals surface area contributed by atoms with Crippen LogP contribution in [0.25, 0.3) is 11.7 Å². The number of imidazole rings is 1. The van der Waals surface area contributed by atoms with E-state index in [0.717, 1.165) is 28.2 Å². The zero-order valence-corrected chi connectivity index (χ0v) is 19.5. The Kier molecular flexibility index (Phi) is 7.13. The quantitative estimate of drug-likeness (QED) is 0.344. The number of carbonyl (C=O) groups is 1. The molecular formula is C27H27N3O4. The number of para-hydroxylation sites is 1. The highest BCUT2D eigenvalue weighted by Crippen LogP contribution is 2.31. The Bertz CT molecular complexity index is 1260. The van der Waals surface area contributed by atoms with E-state index in [1.807, 2.05) is 77.5 Å². The lowest BCUT2D eigenvalue weighted by Crippen LogP contribution is -2.24. The van der Waals surface area contributed by atoms with E-state index in [2.05, 4.69) is 4.98 Å². The maximum absolute atomic E-state index is 12.6. The number of ether oxygens (including phenoxy) is 3. The third kappa shape index (κ3) is 5.38. The number of amides is 1. The third-order valence-corrected chi connectivity index (χ3v) is 5.37. The maximum atomic E-state index is 12.6. The molecule has 7 heteroatoms. The van der Waals surface area contributed by atoms with Gasteiger partial charge in [-0.05, 0) is 42.0 Å². The van der Waals surface area contributed by atoms with Crippen LogP contribution in [-0.4, -0.2) is 41.5 Å². The van der Waals surface area contributed by atoms with Gasteiger partial charge in [0.05, 0.1) is 19.9 Å². The first kappa shape index (κ1) is 22.9. The minimum atomic E-state index is -0.114. The van der Waals surface area contributed by atoms with Crippen molar-refractivity contribution in [3.63, 3.8) is 0 Å². The first-order chi connectivity index (χ1) is 16.6. The van der Waals surface area contributed by atoms with Crippen LogP contribution in [0.3, 0.4) is 0 Å². The fraction of sp³-hybridized carbons (Fsp3) is 0.185. The predicted octanol–water partition coefficient (Wildman–Crippen LogP) is 4.60. The number of likely N-dealkylation sites (N-methyl/N-ethyl adjacent to an activating group) is 1. The highest BCUT2D eigenvalue weighted by Gasteiger charge is 2.13. The molecule has 1 amide bonds. The summed E-state index contributed by atoms with van der Waals surface area (Å²) in [4.78, 5) is 18.8. The Morgan fingerprint density at radius 3 is 2.59 bits per heavy atom. The molecule has 0 saturated heterocycles. The van der Waals surface area contributed by atoms with Gasteiger partial charge in [-0.1, -0.05) is 30.3 Å². The Morgan fingerprint density at radius 1 is 1.03 bits per heavy atom. The van der Waals surface area contributed by atoms with E-state index < -0.39 is 0 Å². The number of aromatic nitrogens is 2. The molecule has 4 aromatic rings. The molecule has 0 fully saturated rings. The van der Waals surface area contributed by atoms with Crippen LogP contribution in [0.1, 0.15) is 16.8 Å². The lowest BCUT2D eigenvalue weighted by Gasteiger charge is -2.18. The normalized spacial score (nSPS) is 11.0. The molecule has 174 valence electrons. The van der Waals surface area contributed by atoms with Crippen molar-refractivity contribution in [3.8, 4) is 17.2 Å². The van der Waals surface area contributed by atoms with Crippen LogP contribution < -0.4 is 14.2 Å². The molecule has 2 heterocycles. The predicted molar refractivity (Wildman–Crippen MR) is 131 cm³/mol. The summed E-state index contributed by atoms with van der Waals surface area (Å²) in [7, 11) is 4.94. The van der Waals surface area contributed by atoms with Crippen molar-refractivity contribution in [2.75, 3.05) is 21.3 Å². The van der Waals surface area contributed by atoms with E-state index in [-0.39, 0.29) is 5.91 Å². The molecule has 7 nitrogen and oxygen atoms in total. The minimum Gasteiger partial charge on any atom is -0.493 e. The van der Waals surface area contributed by atoms with E-state index >= 15 is 0 Å². The van der Waals surface area contributed by atoms with Crippen LogP contribution >= 0.6 is 0 Å². The molecule has 0 aliphatic carbocycles. The van der Waals surface area contributed by atoms with E-state index in [4.69, 9.17) is 14.2 Å². The second-order valence-electron chi connectivity index (χ2n) is 7.74. The first-order valence-electron chi connectivity index (χ1n) is 10.9. The van der Waals surface area contributed by atoms with Gasteiger partial charge in [0, 0.05) is 37.6 Å². The van der Waals surface area contributed by atoms with Crippen LogP contribution in [0.2, 0.25) is 0 Å². The molecule has 0 aliphatic rings. The standard InChI is InChI=1S/C27H27N3O4/c1-29(17-21-7-6-8-24(32-2)27(21)33-3)26(31)15-12-20-10-13-23(14-11-20)34-19-22-18-30-16-5-4-9-25(30)28-22/h4-16,18H,17,19H2,1-3H3. The fourth-order valence-electron chi connectivity index (χ4n) is 3.60. The van der Waals surface area contributed by atoms with E-state index in [1.54, 1.807) is 38.3 Å². The van der Waals surface area contributed by atoms with Crippen molar-refractivity contribution >= 4 is 17.6 Å². The largest absolute Gasteiger partial charge is 0.493 e. The number of nitrogens with zero attached hydrogens (tertiary/aromatic N) is 3. The molecule has 0 bridgehead atoms. The number of rotatable bonds is 9. The van der Waals surface area contributed by atoms with Crippen molar-refractivity contribution in [2.45, 2.75) is 13.2 Å². The summed E-state index contributed by atoms with van der Waals surface area (Å²) in [5.41, 5.74) is 3.52. The van der Waals surface area contributed by atoms with E-state index in [0.29, 0.717) is 24.7 Å². The monoisotopic (exact) mass is 457 g/mol. The molecule has 0 unspecified atom stereocenters. The highest BCUT2D eigenvalue weighted by molar-refractivity contribution is 5.91. The first-order valence-corrected chi connectivity index (χ1v) is 10.9. The average Bonchev–Trinajstić information content (AvgIpc) is 3.29. The second-order valence-corrected chi connectivity index (χ2v) is 7.74. The van der Waals surface area contributed by atoms with Gasteiger partial charge >= 0.3 is 0 Å². The molecule has 0 atom stereocenters. The van der Waals surface area contributed by atoms with Gasteiger partial charge in [-0.2, -0.15) is 0 Å². The zero-order valence-electron chi connectivity index (χ0n) is 19.5. The average molecular weight is 458 g/mol. The number of pyridine rings is 1. The SMILES string of the molecule is COc1cccc(CN(C)C(=O)C=Cc2ccc(OCc3cn4ccccc4n3)cc2)c1OC. The van der Waals surface area contributed by atoms with E-state index in [1.165, 1.54) is 0 Å². The van der Waals surface area contributed by atoms with Gasteiger partial charge in [0.15, 0.2) is 11.5 Å².